The highest BCUT2D eigenvalue weighted by molar-refractivity contribution is 5.97. The van der Waals surface area contributed by atoms with Gasteiger partial charge in [0.05, 0.1) is 30.1 Å². The third kappa shape index (κ3) is 4.53. The molecular formula is C20H18F4N6O2. The maximum atomic E-state index is 14.1. The third-order valence-corrected chi connectivity index (χ3v) is 4.93. The molecule has 8 nitrogen and oxygen atoms in total. The molecule has 0 N–H and O–H groups in total. The molecule has 0 spiro atoms. The van der Waals surface area contributed by atoms with Gasteiger partial charge < -0.3 is 9.64 Å². The second-order valence-electron chi connectivity index (χ2n) is 7.28. The molecule has 0 aromatic carbocycles. The fourth-order valence-electron chi connectivity index (χ4n) is 3.40. The van der Waals surface area contributed by atoms with Crippen LogP contribution in [0.25, 0.3) is 5.82 Å². The van der Waals surface area contributed by atoms with Crippen molar-refractivity contribution in [2.75, 3.05) is 13.1 Å². The number of carbonyl (C=O) groups is 1. The normalized spacial score (nSPS) is 16.8. The largest absolute Gasteiger partial charge is 0.470 e. The van der Waals surface area contributed by atoms with Crippen molar-refractivity contribution in [2.24, 2.45) is 0 Å². The quantitative estimate of drug-likeness (QED) is 0.568. The number of pyridine rings is 2. The number of hydrogen-bond donors (Lipinski definition) is 0. The van der Waals surface area contributed by atoms with Crippen LogP contribution in [0.3, 0.4) is 0 Å². The van der Waals surface area contributed by atoms with Crippen molar-refractivity contribution in [3.63, 3.8) is 0 Å². The Kier molecular flexibility index (Phi) is 5.76. The molecule has 0 aliphatic carbocycles. The van der Waals surface area contributed by atoms with E-state index in [1.165, 1.54) is 22.1 Å². The smallest absolute Gasteiger partial charge is 0.417 e. The summed E-state index contributed by atoms with van der Waals surface area (Å²) in [5, 5.41) is 8.08. The minimum absolute atomic E-state index is 0.112. The van der Waals surface area contributed by atoms with Crippen LogP contribution in [0.1, 0.15) is 34.5 Å². The van der Waals surface area contributed by atoms with Crippen LogP contribution in [0.15, 0.2) is 36.8 Å². The van der Waals surface area contributed by atoms with Crippen LogP contribution in [-0.2, 0) is 6.18 Å². The summed E-state index contributed by atoms with van der Waals surface area (Å²) in [5.74, 6) is -1.80. The molecule has 1 aliphatic heterocycles. The van der Waals surface area contributed by atoms with E-state index in [-0.39, 0.29) is 23.8 Å². The summed E-state index contributed by atoms with van der Waals surface area (Å²) in [5.41, 5.74) is -0.238. The average Bonchev–Trinajstić information content (AvgIpc) is 3.29. The number of ether oxygens (including phenoxy) is 1. The Morgan fingerprint density at radius 2 is 1.97 bits per heavy atom. The van der Waals surface area contributed by atoms with Gasteiger partial charge in [0.25, 0.3) is 11.8 Å². The molecule has 1 fully saturated rings. The summed E-state index contributed by atoms with van der Waals surface area (Å²) in [4.78, 5) is 23.8. The summed E-state index contributed by atoms with van der Waals surface area (Å²) < 4.78 is 57.7. The molecule has 32 heavy (non-hydrogen) atoms. The van der Waals surface area contributed by atoms with Gasteiger partial charge in [0, 0.05) is 18.4 Å². The molecule has 0 saturated carbocycles. The number of amides is 1. The molecule has 1 amide bonds. The van der Waals surface area contributed by atoms with E-state index >= 15 is 0 Å². The van der Waals surface area contributed by atoms with Gasteiger partial charge in [-0.3, -0.25) is 4.79 Å². The Bertz CT molecular complexity index is 1120. The van der Waals surface area contributed by atoms with E-state index in [2.05, 4.69) is 20.2 Å². The van der Waals surface area contributed by atoms with E-state index in [9.17, 15) is 22.4 Å². The minimum atomic E-state index is -4.70. The zero-order valence-corrected chi connectivity index (χ0v) is 16.9. The Hall–Kier alpha value is -3.57. The Morgan fingerprint density at radius 1 is 1.22 bits per heavy atom. The molecule has 4 heterocycles. The van der Waals surface area contributed by atoms with E-state index in [1.54, 1.807) is 19.1 Å². The highest BCUT2D eigenvalue weighted by Gasteiger charge is 2.33. The van der Waals surface area contributed by atoms with Gasteiger partial charge in [-0.05, 0) is 38.0 Å². The van der Waals surface area contributed by atoms with Crippen molar-refractivity contribution in [1.82, 2.24) is 29.9 Å². The van der Waals surface area contributed by atoms with E-state index in [0.29, 0.717) is 37.3 Å². The number of nitrogens with zero attached hydrogens (tertiary/aromatic N) is 6. The van der Waals surface area contributed by atoms with Crippen LogP contribution in [0.2, 0.25) is 0 Å². The number of aryl methyl sites for hydroxylation is 1. The molecule has 1 aliphatic rings. The van der Waals surface area contributed by atoms with Gasteiger partial charge in [0.15, 0.2) is 11.6 Å². The second kappa shape index (κ2) is 8.52. The van der Waals surface area contributed by atoms with Crippen molar-refractivity contribution in [3.8, 4) is 11.7 Å². The summed E-state index contributed by atoms with van der Waals surface area (Å²) in [7, 11) is 0. The Morgan fingerprint density at radius 3 is 2.66 bits per heavy atom. The lowest BCUT2D eigenvalue weighted by atomic mass is 10.1. The Labute approximate surface area is 179 Å². The minimum Gasteiger partial charge on any atom is -0.470 e. The number of rotatable bonds is 4. The molecule has 12 heteroatoms. The summed E-state index contributed by atoms with van der Waals surface area (Å²) in [6.07, 6.45) is -0.826. The second-order valence-corrected chi connectivity index (χ2v) is 7.28. The SMILES string of the molecule is Cc1ccc(C(=O)N2CCCC(Oc3ncc(C(F)(F)F)cc3F)C2)c(-n2nccn2)n1. The van der Waals surface area contributed by atoms with Crippen LogP contribution in [0.5, 0.6) is 5.88 Å². The van der Waals surface area contributed by atoms with Crippen molar-refractivity contribution in [2.45, 2.75) is 32.0 Å². The van der Waals surface area contributed by atoms with Crippen LogP contribution < -0.4 is 4.74 Å². The first-order chi connectivity index (χ1) is 15.2. The number of halogens is 4. The zero-order valence-electron chi connectivity index (χ0n) is 16.9. The van der Waals surface area contributed by atoms with Crippen molar-refractivity contribution >= 4 is 5.91 Å². The predicted molar refractivity (Wildman–Crippen MR) is 103 cm³/mol. The molecule has 3 aromatic heterocycles. The summed E-state index contributed by atoms with van der Waals surface area (Å²) in [6.45, 7) is 2.32. The fourth-order valence-corrected chi connectivity index (χ4v) is 3.40. The lowest BCUT2D eigenvalue weighted by molar-refractivity contribution is -0.138. The van der Waals surface area contributed by atoms with Gasteiger partial charge >= 0.3 is 6.18 Å². The first kappa shape index (κ1) is 21.7. The Balaban J connectivity index is 1.51. The van der Waals surface area contributed by atoms with Crippen LogP contribution in [0, 0.1) is 12.7 Å². The zero-order chi connectivity index (χ0) is 22.9. The lowest BCUT2D eigenvalue weighted by Crippen LogP contribution is -2.45. The molecule has 3 aromatic rings. The number of carbonyl (C=O) groups excluding carboxylic acids is 1. The maximum absolute atomic E-state index is 14.1. The van der Waals surface area contributed by atoms with Crippen molar-refractivity contribution < 1.29 is 27.1 Å². The summed E-state index contributed by atoms with van der Waals surface area (Å²) in [6, 6.07) is 3.67. The lowest BCUT2D eigenvalue weighted by Gasteiger charge is -2.33. The van der Waals surface area contributed by atoms with E-state index in [0.717, 1.165) is 0 Å². The molecule has 0 bridgehead atoms. The van der Waals surface area contributed by atoms with Gasteiger partial charge in [0.1, 0.15) is 6.10 Å². The maximum Gasteiger partial charge on any atom is 0.417 e. The van der Waals surface area contributed by atoms with E-state index in [4.69, 9.17) is 4.74 Å². The molecular weight excluding hydrogens is 432 g/mol. The highest BCUT2D eigenvalue weighted by atomic mass is 19.4. The van der Waals surface area contributed by atoms with Gasteiger partial charge in [-0.15, -0.1) is 4.80 Å². The van der Waals surface area contributed by atoms with Crippen LogP contribution >= 0.6 is 0 Å². The number of aromatic nitrogens is 5. The standard InChI is InChI=1S/C20H18F4N6O2/c1-12-4-5-15(17(28-12)30-26-6-7-27-30)19(31)29-8-2-3-14(11-29)32-18-16(21)9-13(10-25-18)20(22,23)24/h4-7,9-10,14H,2-3,8,11H2,1H3. The number of piperidine rings is 1. The predicted octanol–water partition coefficient (Wildman–Crippen LogP) is 3.21. The fraction of sp³-hybridized carbons (Fsp3) is 0.350. The highest BCUT2D eigenvalue weighted by Crippen LogP contribution is 2.31. The molecule has 4 rings (SSSR count). The monoisotopic (exact) mass is 450 g/mol. The van der Waals surface area contributed by atoms with Crippen LogP contribution in [-0.4, -0.2) is 55.0 Å². The first-order valence-electron chi connectivity index (χ1n) is 9.75. The van der Waals surface area contributed by atoms with Crippen molar-refractivity contribution in [1.29, 1.82) is 0 Å². The summed E-state index contributed by atoms with van der Waals surface area (Å²) >= 11 is 0. The van der Waals surface area contributed by atoms with Gasteiger partial charge in [0.2, 0.25) is 0 Å². The molecule has 1 unspecified atom stereocenters. The first-order valence-corrected chi connectivity index (χ1v) is 9.75. The number of likely N-dealkylation sites (tertiary alicyclic amines) is 1. The third-order valence-electron chi connectivity index (χ3n) is 4.93. The average molecular weight is 450 g/mol. The molecule has 1 saturated heterocycles. The number of hydrogen-bond acceptors (Lipinski definition) is 6. The van der Waals surface area contributed by atoms with Crippen LogP contribution in [0.4, 0.5) is 17.6 Å². The van der Waals surface area contributed by atoms with Gasteiger partial charge in [-0.25, -0.2) is 14.4 Å². The van der Waals surface area contributed by atoms with E-state index < -0.39 is 29.5 Å². The van der Waals surface area contributed by atoms with Crippen molar-refractivity contribution in [3.05, 3.63) is 59.4 Å². The molecule has 1 atom stereocenters. The van der Waals surface area contributed by atoms with Gasteiger partial charge in [-0.2, -0.15) is 23.4 Å². The van der Waals surface area contributed by atoms with E-state index in [1.807, 2.05) is 0 Å². The number of alkyl halides is 3. The molecule has 0 radical (unpaired) electrons. The van der Waals surface area contributed by atoms with Gasteiger partial charge in [-0.1, -0.05) is 0 Å². The topological polar surface area (TPSA) is 86.0 Å². The molecule has 168 valence electrons.